The Hall–Kier alpha value is -3.93. The van der Waals surface area contributed by atoms with Gasteiger partial charge in [0.1, 0.15) is 24.0 Å². The molecule has 2 aromatic rings. The standard InChI is InChI=1S/C34H42ClN3O8/c1-19(29-30(46-29)22-10-7-6-8-11-22)25-12-9-13-27(40)37-24(17-21-14-15-26(44-5)23(35)16-21)31(41)36-18-34(3,4)33(43)38-28(20(2)39)32(42)45-25/h6-11,13-16,19-20,24-25,28-30,39H,12,17-18H2,1-5H3,(H,36,41)(H,37,40)(H,38,43)/b13-9+/t19-,20+,24+,25-,28-,29+,30+/m0/s1. The van der Waals surface area contributed by atoms with E-state index in [4.69, 9.17) is 25.8 Å². The third-order valence-electron chi connectivity index (χ3n) is 8.29. The second-order valence-corrected chi connectivity index (χ2v) is 12.8. The van der Waals surface area contributed by atoms with Gasteiger partial charge in [-0.3, -0.25) is 14.4 Å². The van der Waals surface area contributed by atoms with Gasteiger partial charge in [-0.2, -0.15) is 0 Å². The Kier molecular flexibility index (Phi) is 11.5. The molecular formula is C34H42ClN3O8. The molecule has 2 aliphatic heterocycles. The quantitative estimate of drug-likeness (QED) is 0.262. The summed E-state index contributed by atoms with van der Waals surface area (Å²) in [6, 6.07) is 12.4. The molecule has 46 heavy (non-hydrogen) atoms. The number of halogens is 1. The predicted molar refractivity (Wildman–Crippen MR) is 171 cm³/mol. The monoisotopic (exact) mass is 655 g/mol. The van der Waals surface area contributed by atoms with Gasteiger partial charge in [-0.25, -0.2) is 4.79 Å². The molecule has 7 atom stereocenters. The van der Waals surface area contributed by atoms with E-state index in [1.807, 2.05) is 37.3 Å². The van der Waals surface area contributed by atoms with Gasteiger partial charge in [0.25, 0.3) is 0 Å². The zero-order valence-corrected chi connectivity index (χ0v) is 27.4. The Labute approximate surface area is 274 Å². The van der Waals surface area contributed by atoms with Crippen LogP contribution in [0.5, 0.6) is 5.75 Å². The number of carbonyl (C=O) groups excluding carboxylic acids is 4. The summed E-state index contributed by atoms with van der Waals surface area (Å²) in [5, 5.41) is 18.9. The van der Waals surface area contributed by atoms with Crippen molar-refractivity contribution < 1.29 is 38.5 Å². The summed E-state index contributed by atoms with van der Waals surface area (Å²) in [4.78, 5) is 53.2. The second kappa shape index (κ2) is 15.1. The number of epoxide rings is 1. The Balaban J connectivity index is 1.60. The van der Waals surface area contributed by atoms with Crippen LogP contribution in [0.2, 0.25) is 5.02 Å². The number of hydrogen-bond donors (Lipinski definition) is 4. The van der Waals surface area contributed by atoms with Gasteiger partial charge in [0.2, 0.25) is 17.7 Å². The minimum Gasteiger partial charge on any atom is -0.495 e. The van der Waals surface area contributed by atoms with Crippen molar-refractivity contribution in [3.05, 3.63) is 76.8 Å². The van der Waals surface area contributed by atoms with Gasteiger partial charge in [-0.1, -0.05) is 61.0 Å². The third kappa shape index (κ3) is 8.86. The van der Waals surface area contributed by atoms with Crippen molar-refractivity contribution in [2.75, 3.05) is 13.7 Å². The number of nitrogens with one attached hydrogen (secondary N) is 3. The lowest BCUT2D eigenvalue weighted by Crippen LogP contribution is -2.56. The fourth-order valence-corrected chi connectivity index (χ4v) is 5.55. The van der Waals surface area contributed by atoms with Crippen molar-refractivity contribution in [2.45, 2.75) is 77.0 Å². The summed E-state index contributed by atoms with van der Waals surface area (Å²) in [6.07, 6.45) is 0.649. The lowest BCUT2D eigenvalue weighted by atomic mass is 9.91. The first-order valence-electron chi connectivity index (χ1n) is 15.3. The second-order valence-electron chi connectivity index (χ2n) is 12.4. The zero-order valence-electron chi connectivity index (χ0n) is 26.6. The molecular weight excluding hydrogens is 614 g/mol. The molecule has 248 valence electrons. The smallest absolute Gasteiger partial charge is 0.331 e. The molecule has 2 aromatic carbocycles. The molecule has 2 heterocycles. The molecule has 3 amide bonds. The number of benzene rings is 2. The van der Waals surface area contributed by atoms with Crippen LogP contribution in [-0.4, -0.2) is 72.8 Å². The van der Waals surface area contributed by atoms with Crippen LogP contribution < -0.4 is 20.7 Å². The molecule has 0 aromatic heterocycles. The summed E-state index contributed by atoms with van der Waals surface area (Å²) in [5.74, 6) is -2.28. The topological polar surface area (TPSA) is 156 Å². The minimum absolute atomic E-state index is 0.114. The van der Waals surface area contributed by atoms with Crippen molar-refractivity contribution in [2.24, 2.45) is 11.3 Å². The van der Waals surface area contributed by atoms with Gasteiger partial charge in [0.05, 0.1) is 29.8 Å². The van der Waals surface area contributed by atoms with E-state index in [2.05, 4.69) is 16.0 Å². The van der Waals surface area contributed by atoms with E-state index >= 15 is 0 Å². The zero-order chi connectivity index (χ0) is 33.6. The van der Waals surface area contributed by atoms with Gasteiger partial charge < -0.3 is 35.3 Å². The first kappa shape index (κ1) is 34.9. The highest BCUT2D eigenvalue weighted by molar-refractivity contribution is 6.32. The molecule has 4 N–H and O–H groups in total. The summed E-state index contributed by atoms with van der Waals surface area (Å²) in [5.41, 5.74) is 0.474. The number of aliphatic hydroxyl groups is 1. The Bertz CT molecular complexity index is 1450. The molecule has 0 aliphatic carbocycles. The number of esters is 1. The summed E-state index contributed by atoms with van der Waals surface area (Å²) in [6.45, 7) is 6.33. The summed E-state index contributed by atoms with van der Waals surface area (Å²) >= 11 is 6.30. The molecule has 0 spiro atoms. The highest BCUT2D eigenvalue weighted by atomic mass is 35.5. The molecule has 0 unspecified atom stereocenters. The van der Waals surface area contributed by atoms with Gasteiger partial charge in [-0.05, 0) is 50.1 Å². The van der Waals surface area contributed by atoms with Crippen LogP contribution in [0.15, 0.2) is 60.7 Å². The molecule has 0 saturated carbocycles. The molecule has 2 aliphatic rings. The van der Waals surface area contributed by atoms with E-state index in [-0.39, 0.29) is 37.5 Å². The number of amides is 3. The van der Waals surface area contributed by atoms with Crippen LogP contribution in [0.1, 0.15) is 51.3 Å². The molecule has 0 radical (unpaired) electrons. The Morgan fingerprint density at radius 1 is 1.07 bits per heavy atom. The molecule has 4 rings (SSSR count). The molecule has 11 nitrogen and oxygen atoms in total. The van der Waals surface area contributed by atoms with Gasteiger partial charge in [0.15, 0.2) is 6.04 Å². The van der Waals surface area contributed by atoms with E-state index in [1.165, 1.54) is 20.1 Å². The lowest BCUT2D eigenvalue weighted by Gasteiger charge is -2.30. The Morgan fingerprint density at radius 2 is 1.78 bits per heavy atom. The summed E-state index contributed by atoms with van der Waals surface area (Å²) in [7, 11) is 1.50. The molecule has 0 bridgehead atoms. The largest absolute Gasteiger partial charge is 0.495 e. The fraction of sp³-hybridized carbons (Fsp3) is 0.471. The average molecular weight is 656 g/mol. The number of hydrogen-bond acceptors (Lipinski definition) is 8. The number of ether oxygens (including phenoxy) is 3. The maximum Gasteiger partial charge on any atom is 0.331 e. The number of methoxy groups -OCH3 is 1. The van der Waals surface area contributed by atoms with Crippen LogP contribution in [0, 0.1) is 11.3 Å². The van der Waals surface area contributed by atoms with Gasteiger partial charge in [0, 0.05) is 25.3 Å². The van der Waals surface area contributed by atoms with Crippen molar-refractivity contribution in [3.63, 3.8) is 0 Å². The average Bonchev–Trinajstić information content (AvgIpc) is 3.82. The van der Waals surface area contributed by atoms with Crippen LogP contribution >= 0.6 is 11.6 Å². The van der Waals surface area contributed by atoms with Crippen molar-refractivity contribution in [1.82, 2.24) is 16.0 Å². The molecule has 12 heteroatoms. The maximum absolute atomic E-state index is 13.4. The van der Waals surface area contributed by atoms with E-state index in [9.17, 15) is 24.3 Å². The Morgan fingerprint density at radius 3 is 2.43 bits per heavy atom. The van der Waals surface area contributed by atoms with Crippen LogP contribution in [0.4, 0.5) is 0 Å². The SMILES string of the molecule is COc1ccc(C[C@H]2NC(=O)/C=C/C[C@@H]([C@H](C)[C@H]3O[C@@H]3c3ccccc3)OC(=O)[C@H]([C@@H](C)O)NC(=O)C(C)(C)CNC2=O)cc1Cl. The maximum atomic E-state index is 13.4. The van der Waals surface area contributed by atoms with Crippen LogP contribution in [-0.2, 0) is 35.1 Å². The number of rotatable bonds is 7. The van der Waals surface area contributed by atoms with Crippen LogP contribution in [0.3, 0.4) is 0 Å². The first-order chi connectivity index (χ1) is 21.8. The van der Waals surface area contributed by atoms with E-state index in [0.29, 0.717) is 16.3 Å². The highest BCUT2D eigenvalue weighted by Gasteiger charge is 2.48. The van der Waals surface area contributed by atoms with Crippen molar-refractivity contribution in [1.29, 1.82) is 0 Å². The normalized spacial score (nSPS) is 27.7. The lowest BCUT2D eigenvalue weighted by molar-refractivity contribution is -0.159. The molecule has 1 saturated heterocycles. The number of carbonyl (C=O) groups is 4. The number of cyclic esters (lactones) is 1. The first-order valence-corrected chi connectivity index (χ1v) is 15.7. The van der Waals surface area contributed by atoms with Crippen molar-refractivity contribution in [3.8, 4) is 5.75 Å². The van der Waals surface area contributed by atoms with Crippen molar-refractivity contribution >= 4 is 35.3 Å². The van der Waals surface area contributed by atoms with E-state index < -0.39 is 53.4 Å². The van der Waals surface area contributed by atoms with Gasteiger partial charge >= 0.3 is 5.97 Å². The van der Waals surface area contributed by atoms with Crippen LogP contribution in [0.25, 0.3) is 0 Å². The van der Waals surface area contributed by atoms with E-state index in [0.717, 1.165) is 5.56 Å². The third-order valence-corrected chi connectivity index (χ3v) is 8.59. The minimum atomic E-state index is -1.37. The predicted octanol–water partition coefficient (Wildman–Crippen LogP) is 3.03. The number of aliphatic hydroxyl groups excluding tert-OH is 1. The van der Waals surface area contributed by atoms with E-state index in [1.54, 1.807) is 38.1 Å². The molecule has 1 fully saturated rings. The highest BCUT2D eigenvalue weighted by Crippen LogP contribution is 2.45. The summed E-state index contributed by atoms with van der Waals surface area (Å²) < 4.78 is 17.1. The fourth-order valence-electron chi connectivity index (χ4n) is 5.27. The van der Waals surface area contributed by atoms with Gasteiger partial charge in [-0.15, -0.1) is 0 Å².